The summed E-state index contributed by atoms with van der Waals surface area (Å²) in [7, 11) is 0. The van der Waals surface area contributed by atoms with E-state index in [0.29, 0.717) is 25.9 Å². The molecule has 0 saturated carbocycles. The summed E-state index contributed by atoms with van der Waals surface area (Å²) >= 11 is 0. The summed E-state index contributed by atoms with van der Waals surface area (Å²) in [5.41, 5.74) is 1.27. The van der Waals surface area contributed by atoms with Crippen LogP contribution >= 0.6 is 0 Å². The summed E-state index contributed by atoms with van der Waals surface area (Å²) in [6.45, 7) is 4.17. The zero-order chi connectivity index (χ0) is 18.2. The monoisotopic (exact) mass is 357 g/mol. The third kappa shape index (κ3) is 5.31. The SMILES string of the molecule is O=C(CCN1CCCC1=O)NCC(c1ccccc1)N1CCCCCC1. The lowest BCUT2D eigenvalue weighted by Crippen LogP contribution is -2.39. The number of carbonyl (C=O) groups is 2. The Morgan fingerprint density at radius 2 is 1.73 bits per heavy atom. The topological polar surface area (TPSA) is 52.7 Å². The minimum Gasteiger partial charge on any atom is -0.354 e. The van der Waals surface area contributed by atoms with E-state index in [1.54, 1.807) is 0 Å². The van der Waals surface area contributed by atoms with E-state index in [1.165, 1.54) is 31.2 Å². The summed E-state index contributed by atoms with van der Waals surface area (Å²) in [5.74, 6) is 0.227. The number of rotatable bonds is 7. The Morgan fingerprint density at radius 1 is 1.00 bits per heavy atom. The van der Waals surface area contributed by atoms with Gasteiger partial charge < -0.3 is 10.2 Å². The van der Waals surface area contributed by atoms with Crippen molar-refractivity contribution in [3.05, 3.63) is 35.9 Å². The van der Waals surface area contributed by atoms with Gasteiger partial charge in [0, 0.05) is 32.5 Å². The molecule has 5 heteroatoms. The highest BCUT2D eigenvalue weighted by atomic mass is 16.2. The van der Waals surface area contributed by atoms with E-state index < -0.39 is 0 Å². The second-order valence-corrected chi connectivity index (χ2v) is 7.42. The number of amides is 2. The Kier molecular flexibility index (Phi) is 7.06. The molecule has 1 N–H and O–H groups in total. The largest absolute Gasteiger partial charge is 0.354 e. The standard InChI is InChI=1S/C21H31N3O2/c25-20(12-16-24-15-8-11-21(24)26)22-17-19(18-9-4-3-5-10-18)23-13-6-1-2-7-14-23/h3-5,9-10,19H,1-2,6-8,11-17H2,(H,22,25). The molecular weight excluding hydrogens is 326 g/mol. The van der Waals surface area contributed by atoms with E-state index in [-0.39, 0.29) is 17.9 Å². The van der Waals surface area contributed by atoms with Crippen LogP contribution in [0.25, 0.3) is 0 Å². The van der Waals surface area contributed by atoms with E-state index in [2.05, 4.69) is 34.5 Å². The van der Waals surface area contributed by atoms with Gasteiger partial charge in [0.25, 0.3) is 0 Å². The maximum absolute atomic E-state index is 12.3. The Bertz CT molecular complexity index is 582. The smallest absolute Gasteiger partial charge is 0.222 e. The molecule has 1 aromatic carbocycles. The normalized spacial score (nSPS) is 20.0. The van der Waals surface area contributed by atoms with Crippen molar-refractivity contribution in [3.8, 4) is 0 Å². The molecule has 0 bridgehead atoms. The molecule has 1 aromatic rings. The predicted octanol–water partition coefficient (Wildman–Crippen LogP) is 2.73. The van der Waals surface area contributed by atoms with E-state index in [1.807, 2.05) is 11.0 Å². The van der Waals surface area contributed by atoms with Gasteiger partial charge in [-0.05, 0) is 37.9 Å². The van der Waals surface area contributed by atoms with E-state index in [0.717, 1.165) is 26.1 Å². The second kappa shape index (κ2) is 9.72. The third-order valence-corrected chi connectivity index (χ3v) is 5.54. The highest BCUT2D eigenvalue weighted by Crippen LogP contribution is 2.23. The highest BCUT2D eigenvalue weighted by Gasteiger charge is 2.23. The van der Waals surface area contributed by atoms with Crippen LogP contribution in [0.15, 0.2) is 30.3 Å². The fourth-order valence-corrected chi connectivity index (χ4v) is 4.02. The Labute approximate surface area is 156 Å². The van der Waals surface area contributed by atoms with Crippen LogP contribution in [0.1, 0.15) is 56.6 Å². The molecule has 2 saturated heterocycles. The van der Waals surface area contributed by atoms with Crippen molar-refractivity contribution in [1.29, 1.82) is 0 Å². The lowest BCUT2D eigenvalue weighted by Gasteiger charge is -2.31. The maximum atomic E-state index is 12.3. The van der Waals surface area contributed by atoms with Gasteiger partial charge in [-0.3, -0.25) is 14.5 Å². The predicted molar refractivity (Wildman–Crippen MR) is 103 cm³/mol. The second-order valence-electron chi connectivity index (χ2n) is 7.42. The van der Waals surface area contributed by atoms with Crippen molar-refractivity contribution < 1.29 is 9.59 Å². The zero-order valence-electron chi connectivity index (χ0n) is 15.7. The average molecular weight is 357 g/mol. The van der Waals surface area contributed by atoms with Crippen molar-refractivity contribution in [3.63, 3.8) is 0 Å². The molecule has 0 aromatic heterocycles. The number of carbonyl (C=O) groups excluding carboxylic acids is 2. The molecule has 0 spiro atoms. The number of likely N-dealkylation sites (tertiary alicyclic amines) is 2. The van der Waals surface area contributed by atoms with Gasteiger partial charge in [0.15, 0.2) is 0 Å². The van der Waals surface area contributed by atoms with Crippen molar-refractivity contribution in [2.24, 2.45) is 0 Å². The van der Waals surface area contributed by atoms with Gasteiger partial charge in [0.2, 0.25) is 11.8 Å². The zero-order valence-corrected chi connectivity index (χ0v) is 15.7. The molecule has 2 aliphatic heterocycles. The minimum atomic E-state index is 0.0421. The van der Waals surface area contributed by atoms with Crippen LogP contribution in [0, 0.1) is 0 Å². The van der Waals surface area contributed by atoms with Gasteiger partial charge >= 0.3 is 0 Å². The van der Waals surface area contributed by atoms with Crippen LogP contribution in [0.2, 0.25) is 0 Å². The number of hydrogen-bond acceptors (Lipinski definition) is 3. The number of benzene rings is 1. The van der Waals surface area contributed by atoms with Crippen LogP contribution in [0.4, 0.5) is 0 Å². The summed E-state index contributed by atoms with van der Waals surface area (Å²) < 4.78 is 0. The van der Waals surface area contributed by atoms with Crippen LogP contribution in [-0.4, -0.2) is 54.3 Å². The van der Waals surface area contributed by atoms with E-state index in [9.17, 15) is 9.59 Å². The summed E-state index contributed by atoms with van der Waals surface area (Å²) in [5, 5.41) is 3.12. The molecular formula is C21H31N3O2. The molecule has 2 heterocycles. The first-order chi connectivity index (χ1) is 12.7. The van der Waals surface area contributed by atoms with Gasteiger partial charge in [-0.15, -0.1) is 0 Å². The third-order valence-electron chi connectivity index (χ3n) is 5.54. The summed E-state index contributed by atoms with van der Waals surface area (Å²) in [4.78, 5) is 28.3. The van der Waals surface area contributed by atoms with Gasteiger partial charge in [-0.1, -0.05) is 43.2 Å². The molecule has 0 radical (unpaired) electrons. The minimum absolute atomic E-state index is 0.0421. The fraction of sp³-hybridized carbons (Fsp3) is 0.619. The molecule has 2 amide bonds. The lowest BCUT2D eigenvalue weighted by atomic mass is 10.0. The number of hydrogen-bond donors (Lipinski definition) is 1. The molecule has 0 aliphatic carbocycles. The molecule has 26 heavy (non-hydrogen) atoms. The molecule has 1 unspecified atom stereocenters. The number of nitrogens with one attached hydrogen (secondary N) is 1. The van der Waals surface area contributed by atoms with E-state index >= 15 is 0 Å². The first kappa shape index (κ1) is 18.9. The first-order valence-corrected chi connectivity index (χ1v) is 10.1. The average Bonchev–Trinajstić information content (AvgIpc) is 2.90. The van der Waals surface area contributed by atoms with Gasteiger partial charge in [0.1, 0.15) is 0 Å². The van der Waals surface area contributed by atoms with Crippen molar-refractivity contribution in [1.82, 2.24) is 15.1 Å². The van der Waals surface area contributed by atoms with Crippen LogP contribution in [-0.2, 0) is 9.59 Å². The quantitative estimate of drug-likeness (QED) is 0.816. The molecule has 2 fully saturated rings. The van der Waals surface area contributed by atoms with Crippen LogP contribution in [0.3, 0.4) is 0 Å². The van der Waals surface area contributed by atoms with E-state index in [4.69, 9.17) is 0 Å². The Balaban J connectivity index is 1.55. The molecule has 2 aliphatic rings. The van der Waals surface area contributed by atoms with Gasteiger partial charge in [-0.2, -0.15) is 0 Å². The fourth-order valence-electron chi connectivity index (χ4n) is 4.02. The maximum Gasteiger partial charge on any atom is 0.222 e. The first-order valence-electron chi connectivity index (χ1n) is 10.1. The Hall–Kier alpha value is -1.88. The van der Waals surface area contributed by atoms with Crippen molar-refractivity contribution >= 4 is 11.8 Å². The number of nitrogens with zero attached hydrogens (tertiary/aromatic N) is 2. The summed E-state index contributed by atoms with van der Waals surface area (Å²) in [6.07, 6.45) is 7.01. The van der Waals surface area contributed by atoms with Gasteiger partial charge in [-0.25, -0.2) is 0 Å². The molecule has 142 valence electrons. The van der Waals surface area contributed by atoms with Crippen molar-refractivity contribution in [2.45, 2.75) is 51.0 Å². The molecule has 1 atom stereocenters. The molecule has 5 nitrogen and oxygen atoms in total. The molecule has 3 rings (SSSR count). The summed E-state index contributed by atoms with van der Waals surface area (Å²) in [6, 6.07) is 10.7. The lowest BCUT2D eigenvalue weighted by molar-refractivity contribution is -0.128. The van der Waals surface area contributed by atoms with Crippen LogP contribution < -0.4 is 5.32 Å². The van der Waals surface area contributed by atoms with Crippen molar-refractivity contribution in [2.75, 3.05) is 32.7 Å². The van der Waals surface area contributed by atoms with Gasteiger partial charge in [0.05, 0.1) is 6.04 Å². The highest BCUT2D eigenvalue weighted by molar-refractivity contribution is 5.80. The van der Waals surface area contributed by atoms with Crippen LogP contribution in [0.5, 0.6) is 0 Å². The Morgan fingerprint density at radius 3 is 2.38 bits per heavy atom.